The zero-order valence-corrected chi connectivity index (χ0v) is 18.1. The molecule has 0 saturated heterocycles. The molecule has 33 heavy (non-hydrogen) atoms. The molecule has 3 N–H and O–H groups in total. The molecule has 1 fully saturated rings. The van der Waals surface area contributed by atoms with E-state index in [9.17, 15) is 23.2 Å². The molecule has 3 aromatic rings. The van der Waals surface area contributed by atoms with Crippen molar-refractivity contribution in [3.63, 3.8) is 0 Å². The number of fused-ring (bicyclic) bond motifs is 1. The van der Waals surface area contributed by atoms with Crippen molar-refractivity contribution < 1.29 is 23.2 Å². The van der Waals surface area contributed by atoms with Gasteiger partial charge in [-0.3, -0.25) is 19.1 Å². The molecule has 0 radical (unpaired) electrons. The van der Waals surface area contributed by atoms with Crippen LogP contribution in [0.25, 0.3) is 10.9 Å². The third-order valence-electron chi connectivity index (χ3n) is 5.36. The van der Waals surface area contributed by atoms with Crippen LogP contribution in [0.15, 0.2) is 36.4 Å². The molecule has 1 heterocycles. The fourth-order valence-corrected chi connectivity index (χ4v) is 3.76. The van der Waals surface area contributed by atoms with E-state index in [0.29, 0.717) is 5.52 Å². The van der Waals surface area contributed by atoms with Crippen molar-refractivity contribution in [3.05, 3.63) is 64.3 Å². The first-order valence-electron chi connectivity index (χ1n) is 10.2. The summed E-state index contributed by atoms with van der Waals surface area (Å²) in [5.74, 6) is -2.88. The van der Waals surface area contributed by atoms with Crippen molar-refractivity contribution in [1.29, 1.82) is 0 Å². The van der Waals surface area contributed by atoms with Crippen LogP contribution in [-0.4, -0.2) is 45.0 Å². The highest BCUT2D eigenvalue weighted by atomic mass is 35.5. The molecule has 172 valence electrons. The molecule has 1 aliphatic carbocycles. The first-order chi connectivity index (χ1) is 15.7. The quantitative estimate of drug-likeness (QED) is 0.521. The number of aromatic nitrogens is 2. The lowest BCUT2D eigenvalue weighted by atomic mass is 10.2. The maximum Gasteiger partial charge on any atom is 0.269 e. The molecule has 1 aliphatic rings. The monoisotopic (exact) mass is 475 g/mol. The van der Waals surface area contributed by atoms with Crippen LogP contribution in [0.3, 0.4) is 0 Å². The predicted octanol–water partition coefficient (Wildman–Crippen LogP) is 2.37. The number of carbonyl (C=O) groups excluding carboxylic acids is 3. The van der Waals surface area contributed by atoms with E-state index >= 15 is 0 Å². The number of hydrogen-bond donors (Lipinski definition) is 2. The van der Waals surface area contributed by atoms with Crippen molar-refractivity contribution in [2.45, 2.75) is 32.0 Å². The largest absolute Gasteiger partial charge is 0.364 e. The van der Waals surface area contributed by atoms with Crippen molar-refractivity contribution in [2.75, 3.05) is 6.54 Å². The van der Waals surface area contributed by atoms with Crippen LogP contribution < -0.4 is 11.1 Å². The fourth-order valence-electron chi connectivity index (χ4n) is 3.57. The normalized spacial score (nSPS) is 13.2. The molecule has 1 saturated carbocycles. The fraction of sp³-hybridized carbons (Fsp3) is 0.273. The Morgan fingerprint density at radius 1 is 1.21 bits per heavy atom. The van der Waals surface area contributed by atoms with Crippen molar-refractivity contribution in [2.24, 2.45) is 5.73 Å². The summed E-state index contributed by atoms with van der Waals surface area (Å²) in [7, 11) is 0. The van der Waals surface area contributed by atoms with Crippen LogP contribution in [0.2, 0.25) is 5.02 Å². The number of carbonyl (C=O) groups is 3. The lowest BCUT2D eigenvalue weighted by molar-refractivity contribution is -0.137. The minimum atomic E-state index is -0.844. The van der Waals surface area contributed by atoms with E-state index in [2.05, 4.69) is 10.4 Å². The van der Waals surface area contributed by atoms with Crippen molar-refractivity contribution in [3.8, 4) is 0 Å². The van der Waals surface area contributed by atoms with Crippen LogP contribution in [0.4, 0.5) is 8.78 Å². The Hall–Kier alpha value is -3.53. The van der Waals surface area contributed by atoms with Gasteiger partial charge in [0.2, 0.25) is 11.8 Å². The number of primary amides is 1. The third kappa shape index (κ3) is 4.95. The number of halogens is 3. The molecule has 0 unspecified atom stereocenters. The Morgan fingerprint density at radius 2 is 1.97 bits per heavy atom. The SMILES string of the molecule is NC(=O)c1nn(CC(=O)N(CC(=O)NCc2cccc(Cl)c2F)C2CC2)c2ccc(F)cc12. The van der Waals surface area contributed by atoms with E-state index in [1.54, 1.807) is 6.07 Å². The summed E-state index contributed by atoms with van der Waals surface area (Å²) in [6, 6.07) is 8.13. The topological polar surface area (TPSA) is 110 Å². The standard InChI is InChI=1S/C22H20ClF2N5O3/c23-16-3-1-2-12(20(16)25)9-27-18(31)10-29(14-5-6-14)19(32)11-30-17-7-4-13(24)8-15(17)21(28-30)22(26)33/h1-4,7-8,14H,5-6,9-11H2,(H2,26,33)(H,27,31). The second kappa shape index (κ2) is 9.14. The van der Waals surface area contributed by atoms with Gasteiger partial charge in [-0.05, 0) is 37.1 Å². The van der Waals surface area contributed by atoms with Gasteiger partial charge >= 0.3 is 0 Å². The van der Waals surface area contributed by atoms with E-state index in [4.69, 9.17) is 17.3 Å². The molecule has 0 bridgehead atoms. The number of benzene rings is 2. The molecule has 0 aliphatic heterocycles. The van der Waals surface area contributed by atoms with E-state index < -0.39 is 29.4 Å². The maximum atomic E-state index is 14.0. The molecule has 0 atom stereocenters. The van der Waals surface area contributed by atoms with Crippen LogP contribution in [0, 0.1) is 11.6 Å². The molecular weight excluding hydrogens is 456 g/mol. The Kier molecular flexibility index (Phi) is 6.28. The number of rotatable bonds is 8. The number of amides is 3. The summed E-state index contributed by atoms with van der Waals surface area (Å²) in [6.45, 7) is -0.556. The van der Waals surface area contributed by atoms with Gasteiger partial charge in [-0.25, -0.2) is 8.78 Å². The van der Waals surface area contributed by atoms with Gasteiger partial charge < -0.3 is 16.0 Å². The second-order valence-corrected chi connectivity index (χ2v) is 8.18. The van der Waals surface area contributed by atoms with Gasteiger partial charge in [0.25, 0.3) is 5.91 Å². The molecule has 0 spiro atoms. The summed E-state index contributed by atoms with van der Waals surface area (Å²) >= 11 is 5.75. The summed E-state index contributed by atoms with van der Waals surface area (Å²) in [6.07, 6.45) is 1.50. The van der Waals surface area contributed by atoms with Crippen LogP contribution in [0.5, 0.6) is 0 Å². The van der Waals surface area contributed by atoms with Crippen molar-refractivity contribution in [1.82, 2.24) is 20.0 Å². The molecule has 3 amide bonds. The summed E-state index contributed by atoms with van der Waals surface area (Å²) in [4.78, 5) is 38.6. The molecule has 4 rings (SSSR count). The minimum Gasteiger partial charge on any atom is -0.364 e. The number of nitrogens with two attached hydrogens (primary N) is 1. The average Bonchev–Trinajstić information content (AvgIpc) is 3.55. The average molecular weight is 476 g/mol. The third-order valence-corrected chi connectivity index (χ3v) is 5.65. The van der Waals surface area contributed by atoms with Crippen molar-refractivity contribution >= 4 is 40.2 Å². The van der Waals surface area contributed by atoms with Crippen LogP contribution >= 0.6 is 11.6 Å². The Morgan fingerprint density at radius 3 is 2.67 bits per heavy atom. The lowest BCUT2D eigenvalue weighted by Crippen LogP contribution is -2.43. The summed E-state index contributed by atoms with van der Waals surface area (Å²) in [5.41, 5.74) is 5.80. The predicted molar refractivity (Wildman–Crippen MR) is 116 cm³/mol. The van der Waals surface area contributed by atoms with Gasteiger partial charge in [-0.1, -0.05) is 23.7 Å². The van der Waals surface area contributed by atoms with E-state index in [0.717, 1.165) is 18.9 Å². The highest BCUT2D eigenvalue weighted by Gasteiger charge is 2.34. The second-order valence-electron chi connectivity index (χ2n) is 7.77. The van der Waals surface area contributed by atoms with Crippen LogP contribution in [0.1, 0.15) is 28.9 Å². The van der Waals surface area contributed by atoms with E-state index in [1.165, 1.54) is 33.8 Å². The minimum absolute atomic E-state index is 0.0433. The molecule has 1 aromatic heterocycles. The van der Waals surface area contributed by atoms with Gasteiger partial charge in [-0.15, -0.1) is 0 Å². The van der Waals surface area contributed by atoms with Gasteiger partial charge in [0.15, 0.2) is 5.69 Å². The number of nitrogens with one attached hydrogen (secondary N) is 1. The Bertz CT molecular complexity index is 1260. The first kappa shape index (κ1) is 22.7. The molecule has 11 heteroatoms. The smallest absolute Gasteiger partial charge is 0.269 e. The molecule has 2 aromatic carbocycles. The van der Waals surface area contributed by atoms with Crippen LogP contribution in [-0.2, 0) is 22.7 Å². The summed E-state index contributed by atoms with van der Waals surface area (Å²) < 4.78 is 28.9. The first-order valence-corrected chi connectivity index (χ1v) is 10.6. The zero-order valence-electron chi connectivity index (χ0n) is 17.4. The van der Waals surface area contributed by atoms with Gasteiger partial charge in [0, 0.05) is 23.5 Å². The number of nitrogens with zero attached hydrogens (tertiary/aromatic N) is 3. The van der Waals surface area contributed by atoms with Gasteiger partial charge in [0.05, 0.1) is 17.1 Å². The molecule has 8 nitrogen and oxygen atoms in total. The molecular formula is C22H20ClF2N5O3. The maximum absolute atomic E-state index is 14.0. The highest BCUT2D eigenvalue weighted by molar-refractivity contribution is 6.30. The number of hydrogen-bond acceptors (Lipinski definition) is 4. The van der Waals surface area contributed by atoms with Gasteiger partial charge in [-0.2, -0.15) is 5.10 Å². The summed E-state index contributed by atoms with van der Waals surface area (Å²) in [5, 5.41) is 6.84. The highest BCUT2D eigenvalue weighted by Crippen LogP contribution is 2.27. The van der Waals surface area contributed by atoms with Gasteiger partial charge in [0.1, 0.15) is 18.2 Å². The van der Waals surface area contributed by atoms with E-state index in [-0.39, 0.29) is 47.3 Å². The Balaban J connectivity index is 1.47. The van der Waals surface area contributed by atoms with E-state index in [1.807, 2.05) is 0 Å². The Labute approximate surface area is 192 Å². The zero-order chi connectivity index (χ0) is 23.7. The lowest BCUT2D eigenvalue weighted by Gasteiger charge is -2.22.